The highest BCUT2D eigenvalue weighted by Gasteiger charge is 2.23. The molecule has 1 saturated heterocycles. The van der Waals surface area contributed by atoms with Gasteiger partial charge in [0.15, 0.2) is 0 Å². The molecule has 1 saturated carbocycles. The molecule has 3 rings (SSSR count). The fourth-order valence-electron chi connectivity index (χ4n) is 2.96. The zero-order valence-corrected chi connectivity index (χ0v) is 10.8. The van der Waals surface area contributed by atoms with Crippen molar-refractivity contribution in [1.82, 2.24) is 15.1 Å². The third kappa shape index (κ3) is 2.52. The third-order valence-electron chi connectivity index (χ3n) is 4.17. The third-order valence-corrected chi connectivity index (χ3v) is 4.17. The second-order valence-electron chi connectivity index (χ2n) is 5.65. The van der Waals surface area contributed by atoms with Crippen LogP contribution in [0.25, 0.3) is 0 Å². The summed E-state index contributed by atoms with van der Waals surface area (Å²) in [4.78, 5) is 0. The Morgan fingerprint density at radius 2 is 2.33 bits per heavy atom. The van der Waals surface area contributed by atoms with Gasteiger partial charge in [0.1, 0.15) is 5.82 Å². The first-order valence-corrected chi connectivity index (χ1v) is 7.06. The average molecular weight is 249 g/mol. The van der Waals surface area contributed by atoms with Crippen molar-refractivity contribution in [2.75, 3.05) is 25.0 Å². The molecular weight excluding hydrogens is 226 g/mol. The molecule has 1 aliphatic carbocycles. The highest BCUT2D eigenvalue weighted by atomic mass is 15.4. The molecule has 0 aromatic carbocycles. The van der Waals surface area contributed by atoms with Gasteiger partial charge in [0.25, 0.3) is 0 Å². The molecule has 0 bridgehead atoms. The highest BCUT2D eigenvalue weighted by molar-refractivity contribution is 5.35. The second kappa shape index (κ2) is 5.28. The van der Waals surface area contributed by atoms with Crippen molar-refractivity contribution in [3.8, 4) is 0 Å². The first-order chi connectivity index (χ1) is 8.83. The Morgan fingerprint density at radius 3 is 3.06 bits per heavy atom. The maximum Gasteiger partial charge on any atom is 0.124 e. The van der Waals surface area contributed by atoms with Crippen LogP contribution in [0.1, 0.15) is 31.7 Å². The number of nitrogens with two attached hydrogens (primary N) is 1. The largest absolute Gasteiger partial charge is 0.370 e. The Balaban J connectivity index is 1.54. The molecule has 5 heteroatoms. The standard InChI is InChI=1S/C13H23N5/c14-11-3-1-2-10(6-11)7-16-13-4-5-17-18(13)12-8-15-9-12/h4-5,10-12,15-16H,1-3,6-9,14H2/t10-,11-/m1/s1. The first-order valence-electron chi connectivity index (χ1n) is 7.06. The van der Waals surface area contributed by atoms with Gasteiger partial charge in [0, 0.05) is 31.7 Å². The van der Waals surface area contributed by atoms with Crippen LogP contribution in [0.15, 0.2) is 12.3 Å². The normalized spacial score (nSPS) is 28.9. The zero-order chi connectivity index (χ0) is 12.4. The number of hydrogen-bond acceptors (Lipinski definition) is 4. The molecular formula is C13H23N5. The molecule has 18 heavy (non-hydrogen) atoms. The molecule has 100 valence electrons. The van der Waals surface area contributed by atoms with E-state index in [1.165, 1.54) is 19.3 Å². The van der Waals surface area contributed by atoms with Crippen molar-refractivity contribution in [2.24, 2.45) is 11.7 Å². The molecule has 1 aromatic heterocycles. The minimum atomic E-state index is 0.409. The Bertz CT molecular complexity index is 384. The zero-order valence-electron chi connectivity index (χ0n) is 10.8. The van der Waals surface area contributed by atoms with Crippen molar-refractivity contribution < 1.29 is 0 Å². The van der Waals surface area contributed by atoms with Crippen LogP contribution in [0.2, 0.25) is 0 Å². The van der Waals surface area contributed by atoms with Crippen molar-refractivity contribution in [1.29, 1.82) is 0 Å². The summed E-state index contributed by atoms with van der Waals surface area (Å²) in [5, 5.41) is 11.2. The number of nitrogens with one attached hydrogen (secondary N) is 2. The van der Waals surface area contributed by atoms with E-state index in [1.54, 1.807) is 0 Å². The minimum Gasteiger partial charge on any atom is -0.370 e. The SMILES string of the molecule is N[C@@H]1CCC[C@@H](CNc2ccnn2C2CNC2)C1. The fraction of sp³-hybridized carbons (Fsp3) is 0.769. The Kier molecular flexibility index (Phi) is 3.52. The fourth-order valence-corrected chi connectivity index (χ4v) is 2.96. The Morgan fingerprint density at radius 1 is 1.44 bits per heavy atom. The Labute approximate surface area is 108 Å². The second-order valence-corrected chi connectivity index (χ2v) is 5.65. The average Bonchev–Trinajstić information content (AvgIpc) is 2.72. The minimum absolute atomic E-state index is 0.409. The molecule has 2 fully saturated rings. The summed E-state index contributed by atoms with van der Waals surface area (Å²) in [5.41, 5.74) is 6.03. The van der Waals surface area contributed by atoms with E-state index < -0.39 is 0 Å². The van der Waals surface area contributed by atoms with Gasteiger partial charge in [-0.05, 0) is 25.2 Å². The van der Waals surface area contributed by atoms with Crippen LogP contribution in [0.5, 0.6) is 0 Å². The summed E-state index contributed by atoms with van der Waals surface area (Å²) < 4.78 is 2.11. The van der Waals surface area contributed by atoms with Gasteiger partial charge in [-0.2, -0.15) is 5.10 Å². The lowest BCUT2D eigenvalue weighted by Crippen LogP contribution is -2.44. The molecule has 1 aromatic rings. The van der Waals surface area contributed by atoms with Crippen molar-refractivity contribution in [3.63, 3.8) is 0 Å². The molecule has 0 amide bonds. The van der Waals surface area contributed by atoms with Gasteiger partial charge in [-0.25, -0.2) is 4.68 Å². The monoisotopic (exact) mass is 249 g/mol. The smallest absolute Gasteiger partial charge is 0.124 e. The van der Waals surface area contributed by atoms with Gasteiger partial charge in [-0.3, -0.25) is 0 Å². The molecule has 0 unspecified atom stereocenters. The Hall–Kier alpha value is -1.07. The van der Waals surface area contributed by atoms with Crippen LogP contribution in [-0.4, -0.2) is 35.5 Å². The van der Waals surface area contributed by atoms with E-state index in [2.05, 4.69) is 26.5 Å². The first kappa shape index (κ1) is 12.0. The van der Waals surface area contributed by atoms with Crippen LogP contribution < -0.4 is 16.4 Å². The van der Waals surface area contributed by atoms with Crippen LogP contribution in [-0.2, 0) is 0 Å². The molecule has 0 radical (unpaired) electrons. The molecule has 0 spiro atoms. The molecule has 5 nitrogen and oxygen atoms in total. The number of rotatable bonds is 4. The number of aromatic nitrogens is 2. The van der Waals surface area contributed by atoms with Gasteiger partial charge in [0.2, 0.25) is 0 Å². The van der Waals surface area contributed by atoms with Crippen molar-refractivity contribution >= 4 is 5.82 Å². The number of nitrogens with zero attached hydrogens (tertiary/aromatic N) is 2. The lowest BCUT2D eigenvalue weighted by molar-refractivity contribution is 0.317. The van der Waals surface area contributed by atoms with Gasteiger partial charge in [0.05, 0.1) is 12.2 Å². The van der Waals surface area contributed by atoms with Gasteiger partial charge in [-0.15, -0.1) is 0 Å². The van der Waals surface area contributed by atoms with E-state index in [-0.39, 0.29) is 0 Å². The predicted molar refractivity (Wildman–Crippen MR) is 72.6 cm³/mol. The van der Waals surface area contributed by atoms with Gasteiger partial charge >= 0.3 is 0 Å². The lowest BCUT2D eigenvalue weighted by Gasteiger charge is -2.30. The molecule has 1 aliphatic heterocycles. The summed E-state index contributed by atoms with van der Waals surface area (Å²) in [6, 6.07) is 3.00. The van der Waals surface area contributed by atoms with Crippen LogP contribution in [0.4, 0.5) is 5.82 Å². The molecule has 2 atom stereocenters. The van der Waals surface area contributed by atoms with Crippen molar-refractivity contribution in [3.05, 3.63) is 12.3 Å². The lowest BCUT2D eigenvalue weighted by atomic mass is 9.86. The summed E-state index contributed by atoms with van der Waals surface area (Å²) >= 11 is 0. The molecule has 2 aliphatic rings. The van der Waals surface area contributed by atoms with Gasteiger partial charge < -0.3 is 16.4 Å². The van der Waals surface area contributed by atoms with Gasteiger partial charge in [-0.1, -0.05) is 6.42 Å². The van der Waals surface area contributed by atoms with E-state index in [0.29, 0.717) is 12.1 Å². The quantitative estimate of drug-likeness (QED) is 0.743. The van der Waals surface area contributed by atoms with E-state index in [4.69, 9.17) is 5.73 Å². The summed E-state index contributed by atoms with van der Waals surface area (Å²) in [6.07, 6.45) is 6.82. The predicted octanol–water partition coefficient (Wildman–Crippen LogP) is 0.957. The molecule has 2 heterocycles. The van der Waals surface area contributed by atoms with Crippen LogP contribution in [0, 0.1) is 5.92 Å². The van der Waals surface area contributed by atoms with E-state index in [1.807, 2.05) is 6.20 Å². The summed E-state index contributed by atoms with van der Waals surface area (Å²) in [7, 11) is 0. The molecule has 4 N–H and O–H groups in total. The highest BCUT2D eigenvalue weighted by Crippen LogP contribution is 2.24. The number of anilines is 1. The summed E-state index contributed by atoms with van der Waals surface area (Å²) in [5.74, 6) is 1.87. The van der Waals surface area contributed by atoms with Crippen molar-refractivity contribution in [2.45, 2.75) is 37.8 Å². The van der Waals surface area contributed by atoms with Crippen LogP contribution in [0.3, 0.4) is 0 Å². The number of hydrogen-bond donors (Lipinski definition) is 3. The maximum atomic E-state index is 6.03. The van der Waals surface area contributed by atoms with E-state index in [0.717, 1.165) is 37.8 Å². The maximum absolute atomic E-state index is 6.03. The topological polar surface area (TPSA) is 67.9 Å². The summed E-state index contributed by atoms with van der Waals surface area (Å²) in [6.45, 7) is 3.09. The van der Waals surface area contributed by atoms with Crippen LogP contribution >= 0.6 is 0 Å². The van der Waals surface area contributed by atoms with E-state index >= 15 is 0 Å². The van der Waals surface area contributed by atoms with E-state index in [9.17, 15) is 0 Å².